The molecule has 1 N–H and O–H groups in total. The second-order valence-electron chi connectivity index (χ2n) is 5.28. The molecule has 0 radical (unpaired) electrons. The third-order valence-electron chi connectivity index (χ3n) is 4.02. The average molecular weight is 280 g/mol. The summed E-state index contributed by atoms with van der Waals surface area (Å²) >= 11 is 0. The van der Waals surface area contributed by atoms with Crippen molar-refractivity contribution in [2.75, 3.05) is 33.3 Å². The van der Waals surface area contributed by atoms with Gasteiger partial charge in [0.15, 0.2) is 0 Å². The molecule has 0 aliphatic carbocycles. The van der Waals surface area contributed by atoms with E-state index in [1.807, 2.05) is 6.07 Å². The molecule has 1 aromatic rings. The van der Waals surface area contributed by atoms with Crippen LogP contribution in [0.15, 0.2) is 16.7 Å². The lowest BCUT2D eigenvalue weighted by atomic mass is 9.97. The van der Waals surface area contributed by atoms with Gasteiger partial charge in [-0.3, -0.25) is 0 Å². The third-order valence-corrected chi connectivity index (χ3v) is 4.02. The normalized spacial score (nSPS) is 17.3. The molecule has 0 saturated carbocycles. The zero-order valence-electron chi connectivity index (χ0n) is 12.4. The van der Waals surface area contributed by atoms with Gasteiger partial charge in [-0.1, -0.05) is 6.92 Å². The molecule has 1 aromatic heterocycles. The van der Waals surface area contributed by atoms with E-state index in [1.54, 1.807) is 0 Å². The summed E-state index contributed by atoms with van der Waals surface area (Å²) in [5, 5.41) is 3.42. The van der Waals surface area contributed by atoms with Gasteiger partial charge in [-0.05, 0) is 51.0 Å². The number of rotatable bonds is 6. The van der Waals surface area contributed by atoms with Crippen LogP contribution in [0.4, 0.5) is 0 Å². The summed E-state index contributed by atoms with van der Waals surface area (Å²) in [5.41, 5.74) is 0.864. The van der Waals surface area contributed by atoms with Gasteiger partial charge in [-0.25, -0.2) is 4.79 Å². The summed E-state index contributed by atoms with van der Waals surface area (Å²) in [6, 6.07) is 1.82. The summed E-state index contributed by atoms with van der Waals surface area (Å²) in [5.74, 6) is 0.620. The fourth-order valence-electron chi connectivity index (χ4n) is 2.66. The Hall–Kier alpha value is -1.33. The number of carbonyl (C=O) groups excluding carboxylic acids is 1. The van der Waals surface area contributed by atoms with Crippen molar-refractivity contribution in [1.82, 2.24) is 10.2 Å². The molecule has 0 atom stereocenters. The van der Waals surface area contributed by atoms with Gasteiger partial charge in [0.05, 0.1) is 13.4 Å². The molecule has 5 nitrogen and oxygen atoms in total. The second-order valence-corrected chi connectivity index (χ2v) is 5.28. The van der Waals surface area contributed by atoms with Crippen LogP contribution in [0.25, 0.3) is 0 Å². The summed E-state index contributed by atoms with van der Waals surface area (Å²) in [4.78, 5) is 14.0. The molecule has 0 aromatic carbocycles. The van der Waals surface area contributed by atoms with Gasteiger partial charge >= 0.3 is 5.97 Å². The molecule has 2 heterocycles. The van der Waals surface area contributed by atoms with Crippen molar-refractivity contribution >= 4 is 5.97 Å². The van der Waals surface area contributed by atoms with Crippen LogP contribution in [0.3, 0.4) is 0 Å². The molecular formula is C15H24N2O3. The molecule has 112 valence electrons. The Morgan fingerprint density at radius 2 is 2.25 bits per heavy atom. The highest BCUT2D eigenvalue weighted by Gasteiger charge is 2.19. The minimum absolute atomic E-state index is 0.306. The average Bonchev–Trinajstić information content (AvgIpc) is 2.95. The van der Waals surface area contributed by atoms with Crippen LogP contribution in [-0.2, 0) is 11.3 Å². The predicted molar refractivity (Wildman–Crippen MR) is 76.6 cm³/mol. The first-order chi connectivity index (χ1) is 9.74. The fraction of sp³-hybridized carbons (Fsp3) is 0.667. The van der Waals surface area contributed by atoms with Gasteiger partial charge in [0, 0.05) is 12.1 Å². The van der Waals surface area contributed by atoms with E-state index in [9.17, 15) is 4.79 Å². The van der Waals surface area contributed by atoms with E-state index in [4.69, 9.17) is 4.42 Å². The molecule has 1 aliphatic heterocycles. The largest absolute Gasteiger partial charge is 0.463 e. The summed E-state index contributed by atoms with van der Waals surface area (Å²) in [6.45, 7) is 7.39. The Balaban J connectivity index is 1.74. The van der Waals surface area contributed by atoms with Crippen LogP contribution >= 0.6 is 0 Å². The number of likely N-dealkylation sites (tertiary alicyclic amines) is 1. The molecule has 1 fully saturated rings. The topological polar surface area (TPSA) is 54.7 Å². The van der Waals surface area contributed by atoms with E-state index in [0.717, 1.165) is 24.6 Å². The summed E-state index contributed by atoms with van der Waals surface area (Å²) in [7, 11) is 1.36. The Kier molecular flexibility index (Phi) is 5.61. The molecule has 0 bridgehead atoms. The fourth-order valence-corrected chi connectivity index (χ4v) is 2.66. The number of nitrogens with zero attached hydrogens (tertiary/aromatic N) is 1. The van der Waals surface area contributed by atoms with Crippen LogP contribution in [0.1, 0.15) is 35.9 Å². The second kappa shape index (κ2) is 7.45. The van der Waals surface area contributed by atoms with Gasteiger partial charge < -0.3 is 19.4 Å². The number of furan rings is 1. The molecule has 5 heteroatoms. The number of ether oxygens (including phenoxy) is 1. The highest BCUT2D eigenvalue weighted by Crippen LogP contribution is 2.17. The Morgan fingerprint density at radius 1 is 1.50 bits per heavy atom. The maximum Gasteiger partial charge on any atom is 0.374 e. The van der Waals surface area contributed by atoms with E-state index in [2.05, 4.69) is 21.9 Å². The SMILES string of the molecule is CCN1CCC(CNCc2ccoc2C(=O)OC)CC1. The first-order valence-electron chi connectivity index (χ1n) is 7.32. The van der Waals surface area contributed by atoms with Crippen molar-refractivity contribution in [3.8, 4) is 0 Å². The van der Waals surface area contributed by atoms with E-state index in [0.29, 0.717) is 12.3 Å². The van der Waals surface area contributed by atoms with Crippen LogP contribution in [0.2, 0.25) is 0 Å². The molecule has 1 saturated heterocycles. The third kappa shape index (κ3) is 3.84. The Morgan fingerprint density at radius 3 is 2.90 bits per heavy atom. The predicted octanol–water partition coefficient (Wildman–Crippen LogP) is 1.89. The number of nitrogens with one attached hydrogen (secondary N) is 1. The van der Waals surface area contributed by atoms with Crippen molar-refractivity contribution in [2.45, 2.75) is 26.3 Å². The molecular weight excluding hydrogens is 256 g/mol. The van der Waals surface area contributed by atoms with Gasteiger partial charge in [0.1, 0.15) is 0 Å². The highest BCUT2D eigenvalue weighted by molar-refractivity contribution is 5.87. The van der Waals surface area contributed by atoms with Gasteiger partial charge in [-0.2, -0.15) is 0 Å². The van der Waals surface area contributed by atoms with E-state index >= 15 is 0 Å². The smallest absolute Gasteiger partial charge is 0.374 e. The Labute approximate surface area is 120 Å². The van der Waals surface area contributed by atoms with Crippen LogP contribution in [0, 0.1) is 5.92 Å². The zero-order valence-corrected chi connectivity index (χ0v) is 12.4. The van der Waals surface area contributed by atoms with Crippen molar-refractivity contribution < 1.29 is 13.9 Å². The number of esters is 1. The molecule has 0 unspecified atom stereocenters. The van der Waals surface area contributed by atoms with Gasteiger partial charge in [-0.15, -0.1) is 0 Å². The molecule has 0 amide bonds. The maximum atomic E-state index is 11.5. The maximum absolute atomic E-state index is 11.5. The summed E-state index contributed by atoms with van der Waals surface area (Å²) < 4.78 is 9.86. The van der Waals surface area contributed by atoms with Crippen molar-refractivity contribution in [3.05, 3.63) is 23.7 Å². The van der Waals surface area contributed by atoms with Crippen molar-refractivity contribution in [2.24, 2.45) is 5.92 Å². The number of methoxy groups -OCH3 is 1. The van der Waals surface area contributed by atoms with Crippen LogP contribution in [-0.4, -0.2) is 44.2 Å². The number of carbonyl (C=O) groups is 1. The number of piperidine rings is 1. The number of hydrogen-bond acceptors (Lipinski definition) is 5. The van der Waals surface area contributed by atoms with Crippen molar-refractivity contribution in [3.63, 3.8) is 0 Å². The molecule has 1 aliphatic rings. The first-order valence-corrected chi connectivity index (χ1v) is 7.32. The lowest BCUT2D eigenvalue weighted by Crippen LogP contribution is -2.37. The Bertz CT molecular complexity index is 423. The standard InChI is InChI=1S/C15H24N2O3/c1-3-17-7-4-12(5-8-17)10-16-11-13-6-9-20-14(13)15(18)19-2/h6,9,12,16H,3-5,7-8,10-11H2,1-2H3. The van der Waals surface area contributed by atoms with E-state index in [1.165, 1.54) is 39.3 Å². The van der Waals surface area contributed by atoms with Crippen molar-refractivity contribution in [1.29, 1.82) is 0 Å². The lowest BCUT2D eigenvalue weighted by Gasteiger charge is -2.31. The zero-order chi connectivity index (χ0) is 14.4. The summed E-state index contributed by atoms with van der Waals surface area (Å²) in [6.07, 6.45) is 4.02. The first kappa shape index (κ1) is 15.1. The van der Waals surface area contributed by atoms with Crippen LogP contribution < -0.4 is 5.32 Å². The van der Waals surface area contributed by atoms with E-state index < -0.39 is 5.97 Å². The minimum Gasteiger partial charge on any atom is -0.463 e. The van der Waals surface area contributed by atoms with Gasteiger partial charge in [0.2, 0.25) is 5.76 Å². The minimum atomic E-state index is -0.414. The highest BCUT2D eigenvalue weighted by atomic mass is 16.5. The lowest BCUT2D eigenvalue weighted by molar-refractivity contribution is 0.0563. The molecule has 20 heavy (non-hydrogen) atoms. The van der Waals surface area contributed by atoms with Crippen LogP contribution in [0.5, 0.6) is 0 Å². The van der Waals surface area contributed by atoms with Gasteiger partial charge in [0.25, 0.3) is 0 Å². The van der Waals surface area contributed by atoms with E-state index in [-0.39, 0.29) is 0 Å². The monoisotopic (exact) mass is 280 g/mol. The quantitative estimate of drug-likeness (QED) is 0.806. The molecule has 0 spiro atoms. The molecule has 2 rings (SSSR count). The number of hydrogen-bond donors (Lipinski definition) is 1.